The summed E-state index contributed by atoms with van der Waals surface area (Å²) in [6, 6.07) is 0.0850. The van der Waals surface area contributed by atoms with Crippen LogP contribution in [-0.4, -0.2) is 31.4 Å². The number of hydrogen-bond acceptors (Lipinski definition) is 3. The Morgan fingerprint density at radius 2 is 2.00 bits per heavy atom. The van der Waals surface area contributed by atoms with Gasteiger partial charge in [0.15, 0.2) is 5.88 Å². The molecule has 1 aliphatic heterocycles. The van der Waals surface area contributed by atoms with Crippen LogP contribution in [0.2, 0.25) is 12.6 Å². The van der Waals surface area contributed by atoms with Crippen molar-refractivity contribution in [2.75, 3.05) is 5.75 Å². The summed E-state index contributed by atoms with van der Waals surface area (Å²) in [4.78, 5) is 0. The fourth-order valence-corrected chi connectivity index (χ4v) is 8.05. The standard InChI is InChI=1S/C17H30BNO3S/c1-6-15(22-18(7-2)8-3)19-14-11-13-9-10-17(14,16(13,4)5)12-23(19,20)21/h6,13-14H,7-12H2,1-5H3/b15-6-/t13-,14-,17-/m0/s1. The van der Waals surface area contributed by atoms with E-state index in [0.29, 0.717) is 11.8 Å². The first-order chi connectivity index (χ1) is 10.7. The maximum Gasteiger partial charge on any atom is 0.359 e. The van der Waals surface area contributed by atoms with Gasteiger partial charge in [0, 0.05) is 5.41 Å². The van der Waals surface area contributed by atoms with Crippen molar-refractivity contribution in [1.82, 2.24) is 4.31 Å². The minimum atomic E-state index is -3.29. The molecule has 0 radical (unpaired) electrons. The molecular formula is C17H30BNO3S. The average Bonchev–Trinajstić information content (AvgIpc) is 2.97. The van der Waals surface area contributed by atoms with E-state index in [0.717, 1.165) is 25.5 Å². The molecule has 3 aliphatic rings. The van der Waals surface area contributed by atoms with Crippen LogP contribution in [-0.2, 0) is 14.7 Å². The third-order valence-electron chi connectivity index (χ3n) is 7.07. The lowest BCUT2D eigenvalue weighted by molar-refractivity contribution is 0.109. The van der Waals surface area contributed by atoms with E-state index in [4.69, 9.17) is 4.65 Å². The number of allylic oxidation sites excluding steroid dienone is 1. The van der Waals surface area contributed by atoms with E-state index in [1.807, 2.05) is 13.0 Å². The Hall–Kier alpha value is -0.645. The van der Waals surface area contributed by atoms with E-state index >= 15 is 0 Å². The lowest BCUT2D eigenvalue weighted by Crippen LogP contribution is -2.42. The molecule has 0 aromatic carbocycles. The lowest BCUT2D eigenvalue weighted by atomic mass is 9.62. The third-order valence-corrected chi connectivity index (χ3v) is 8.99. The van der Waals surface area contributed by atoms with Crippen molar-refractivity contribution in [2.24, 2.45) is 16.7 Å². The molecule has 0 N–H and O–H groups in total. The van der Waals surface area contributed by atoms with Crippen molar-refractivity contribution >= 4 is 16.9 Å². The highest BCUT2D eigenvalue weighted by Crippen LogP contribution is 2.70. The fourth-order valence-electron chi connectivity index (χ4n) is 5.45. The highest BCUT2D eigenvalue weighted by atomic mass is 32.2. The minimum absolute atomic E-state index is 0.0829. The first kappa shape index (κ1) is 17.2. The summed E-state index contributed by atoms with van der Waals surface area (Å²) in [5.74, 6) is 1.48. The minimum Gasteiger partial charge on any atom is -0.549 e. The molecule has 0 aromatic heterocycles. The summed E-state index contributed by atoms with van der Waals surface area (Å²) in [5.41, 5.74) is 0.00922. The second-order valence-corrected chi connectivity index (χ2v) is 9.95. The molecule has 0 aromatic rings. The average molecular weight is 339 g/mol. The Bertz CT molecular complexity index is 611. The van der Waals surface area contributed by atoms with Gasteiger partial charge in [-0.25, -0.2) is 12.7 Å². The monoisotopic (exact) mass is 339 g/mol. The summed E-state index contributed by atoms with van der Waals surface area (Å²) >= 11 is 0. The predicted molar refractivity (Wildman–Crippen MR) is 94.5 cm³/mol. The van der Waals surface area contributed by atoms with Crippen molar-refractivity contribution in [1.29, 1.82) is 0 Å². The van der Waals surface area contributed by atoms with Crippen LogP contribution in [0.1, 0.15) is 53.9 Å². The van der Waals surface area contributed by atoms with Crippen molar-refractivity contribution in [3.63, 3.8) is 0 Å². The van der Waals surface area contributed by atoms with E-state index < -0.39 is 10.0 Å². The Labute approximate surface area is 141 Å². The first-order valence-corrected chi connectivity index (χ1v) is 10.7. The molecule has 3 atom stereocenters. The zero-order valence-corrected chi connectivity index (χ0v) is 15.9. The van der Waals surface area contributed by atoms with Crippen LogP contribution >= 0.6 is 0 Å². The molecule has 23 heavy (non-hydrogen) atoms. The van der Waals surface area contributed by atoms with Crippen LogP contribution in [0.15, 0.2) is 12.0 Å². The van der Waals surface area contributed by atoms with Crippen molar-refractivity contribution < 1.29 is 13.1 Å². The summed E-state index contributed by atoms with van der Waals surface area (Å²) in [6.45, 7) is 10.7. The highest BCUT2D eigenvalue weighted by Gasteiger charge is 2.72. The smallest absolute Gasteiger partial charge is 0.359 e. The van der Waals surface area contributed by atoms with Gasteiger partial charge in [-0.1, -0.05) is 27.7 Å². The molecule has 130 valence electrons. The van der Waals surface area contributed by atoms with Crippen LogP contribution in [0.5, 0.6) is 0 Å². The van der Waals surface area contributed by atoms with Gasteiger partial charge in [0.2, 0.25) is 10.0 Å². The molecule has 6 heteroatoms. The number of nitrogens with zero attached hydrogens (tertiary/aromatic N) is 1. The molecule has 0 unspecified atom stereocenters. The molecular weight excluding hydrogens is 309 g/mol. The maximum atomic E-state index is 13.0. The van der Waals surface area contributed by atoms with Gasteiger partial charge in [0.1, 0.15) is 0 Å². The number of fused-ring (bicyclic) bond motifs is 1. The fraction of sp³-hybridized carbons (Fsp3) is 0.882. The molecule has 2 saturated carbocycles. The Morgan fingerprint density at radius 3 is 2.52 bits per heavy atom. The van der Waals surface area contributed by atoms with Gasteiger partial charge in [-0.3, -0.25) is 0 Å². The molecule has 0 amide bonds. The zero-order valence-electron chi connectivity index (χ0n) is 15.1. The molecule has 2 bridgehead atoms. The summed E-state index contributed by atoms with van der Waals surface area (Å²) in [6.07, 6.45) is 6.82. The van der Waals surface area contributed by atoms with Crippen molar-refractivity contribution in [2.45, 2.75) is 72.6 Å². The SMILES string of the molecule is C/C=C(\OB(CC)CC)N1[C@H]2C[C@@H]3CC[C@@]2(CS1(=O)=O)C3(C)C. The predicted octanol–water partition coefficient (Wildman–Crippen LogP) is 3.74. The molecule has 1 saturated heterocycles. The van der Waals surface area contributed by atoms with Crippen LogP contribution in [0.3, 0.4) is 0 Å². The highest BCUT2D eigenvalue weighted by molar-refractivity contribution is 7.89. The molecule has 4 nitrogen and oxygen atoms in total. The van der Waals surface area contributed by atoms with Crippen LogP contribution in [0, 0.1) is 16.7 Å². The van der Waals surface area contributed by atoms with Crippen molar-refractivity contribution in [3.05, 3.63) is 12.0 Å². The van der Waals surface area contributed by atoms with Gasteiger partial charge < -0.3 is 4.65 Å². The maximum absolute atomic E-state index is 13.0. The number of hydrogen-bond donors (Lipinski definition) is 0. The van der Waals surface area contributed by atoms with Crippen LogP contribution < -0.4 is 0 Å². The summed E-state index contributed by atoms with van der Waals surface area (Å²) in [7, 11) is -3.29. The van der Waals surface area contributed by atoms with Gasteiger partial charge in [-0.15, -0.1) is 0 Å². The first-order valence-electron chi connectivity index (χ1n) is 9.08. The molecule has 3 rings (SSSR count). The van der Waals surface area contributed by atoms with E-state index in [2.05, 4.69) is 27.7 Å². The molecule has 2 aliphatic carbocycles. The molecule has 1 heterocycles. The van der Waals surface area contributed by atoms with E-state index in [1.165, 1.54) is 6.42 Å². The van der Waals surface area contributed by atoms with Gasteiger partial charge in [0.25, 0.3) is 0 Å². The zero-order chi connectivity index (χ0) is 17.0. The summed E-state index contributed by atoms with van der Waals surface area (Å²) in [5, 5.41) is 0. The normalized spacial score (nSPS) is 37.1. The van der Waals surface area contributed by atoms with Gasteiger partial charge in [-0.2, -0.15) is 0 Å². The molecule has 1 spiro atoms. The van der Waals surface area contributed by atoms with Gasteiger partial charge in [0.05, 0.1) is 11.8 Å². The third kappa shape index (κ3) is 2.20. The van der Waals surface area contributed by atoms with Crippen LogP contribution in [0.25, 0.3) is 0 Å². The second-order valence-electron chi connectivity index (χ2n) is 8.10. The summed E-state index contributed by atoms with van der Waals surface area (Å²) < 4.78 is 33.8. The van der Waals surface area contributed by atoms with Crippen molar-refractivity contribution in [3.8, 4) is 0 Å². The van der Waals surface area contributed by atoms with Gasteiger partial charge in [-0.05, 0) is 56.2 Å². The van der Waals surface area contributed by atoms with E-state index in [-0.39, 0.29) is 29.5 Å². The topological polar surface area (TPSA) is 46.6 Å². The quantitative estimate of drug-likeness (QED) is 0.566. The number of rotatable bonds is 5. The van der Waals surface area contributed by atoms with Gasteiger partial charge >= 0.3 is 6.92 Å². The second kappa shape index (κ2) is 5.43. The van der Waals surface area contributed by atoms with E-state index in [1.54, 1.807) is 4.31 Å². The van der Waals surface area contributed by atoms with E-state index in [9.17, 15) is 8.42 Å². The largest absolute Gasteiger partial charge is 0.549 e. The van der Waals surface area contributed by atoms with Crippen LogP contribution in [0.4, 0.5) is 0 Å². The Balaban J connectivity index is 1.97. The lowest BCUT2D eigenvalue weighted by Gasteiger charge is -2.38. The Kier molecular flexibility index (Phi) is 4.06. The number of sulfonamides is 1. The molecule has 3 fully saturated rings. The Morgan fingerprint density at radius 1 is 1.35 bits per heavy atom.